The molecule has 6 nitrogen and oxygen atoms in total. The Balaban J connectivity index is 0.00000131. The molecular weight excluding hydrogens is 385 g/mol. The van der Waals surface area contributed by atoms with E-state index in [1.807, 2.05) is 13.0 Å². The number of aryl methyl sites for hydroxylation is 1. The maximum absolute atomic E-state index is 5.84. The second kappa shape index (κ2) is 8.50. The molecule has 2 aliphatic heterocycles. The van der Waals surface area contributed by atoms with Crippen molar-refractivity contribution in [2.45, 2.75) is 13.0 Å². The van der Waals surface area contributed by atoms with Crippen LogP contribution in [-0.2, 0) is 0 Å². The fourth-order valence-corrected chi connectivity index (χ4v) is 4.48. The van der Waals surface area contributed by atoms with Crippen molar-refractivity contribution in [3.8, 4) is 5.75 Å². The number of ether oxygens (including phenoxy) is 1. The number of nitrogens with two attached hydrogens (primary N) is 1. The van der Waals surface area contributed by atoms with Crippen molar-refractivity contribution >= 4 is 36.6 Å². The minimum atomic E-state index is 0. The first-order valence-corrected chi connectivity index (χ1v) is 8.75. The fourth-order valence-electron chi connectivity index (χ4n) is 4.48. The van der Waals surface area contributed by atoms with Crippen molar-refractivity contribution in [2.24, 2.45) is 11.8 Å². The maximum Gasteiger partial charge on any atom is 0.222 e. The van der Waals surface area contributed by atoms with Crippen LogP contribution in [0.15, 0.2) is 30.3 Å². The lowest BCUT2D eigenvalue weighted by Gasteiger charge is -2.27. The summed E-state index contributed by atoms with van der Waals surface area (Å²) in [7, 11) is 3.93. The van der Waals surface area contributed by atoms with E-state index in [-0.39, 0.29) is 24.8 Å². The average molecular weight is 412 g/mol. The van der Waals surface area contributed by atoms with Crippen LogP contribution in [0.5, 0.6) is 5.75 Å². The predicted octanol–water partition coefficient (Wildman–Crippen LogP) is 2.96. The first-order chi connectivity index (χ1) is 12.0. The molecule has 8 heteroatoms. The lowest BCUT2D eigenvalue weighted by molar-refractivity contribution is 0.279. The van der Waals surface area contributed by atoms with Crippen molar-refractivity contribution in [1.29, 1.82) is 0 Å². The van der Waals surface area contributed by atoms with E-state index in [1.54, 1.807) is 7.11 Å². The Morgan fingerprint density at radius 1 is 1.07 bits per heavy atom. The summed E-state index contributed by atoms with van der Waals surface area (Å²) in [5.74, 6) is 3.45. The van der Waals surface area contributed by atoms with Crippen LogP contribution in [0.2, 0.25) is 0 Å². The lowest BCUT2D eigenvalue weighted by atomic mass is 9.89. The number of aromatic nitrogens is 2. The number of anilines is 2. The zero-order chi connectivity index (χ0) is 17.6. The number of methoxy groups -OCH3 is 1. The molecule has 3 atom stereocenters. The molecule has 0 spiro atoms. The standard InChI is InChI=1S/C19H25N5O.2ClH/c1-12-8-17(22-19(20)21-12)24-10-14-9-23(2)18(16(14)11-24)13-4-6-15(25-3)7-5-13;;/h4-8,14,16,18H,9-11H2,1-3H3,(H2,20,21,22);2*1H/t14-,16+,18-;;/m0../s1. The van der Waals surface area contributed by atoms with Crippen molar-refractivity contribution in [1.82, 2.24) is 14.9 Å². The third-order valence-corrected chi connectivity index (χ3v) is 5.53. The number of nitrogens with zero attached hydrogens (tertiary/aromatic N) is 4. The monoisotopic (exact) mass is 411 g/mol. The highest BCUT2D eigenvalue weighted by atomic mass is 35.5. The highest BCUT2D eigenvalue weighted by Gasteiger charge is 2.46. The van der Waals surface area contributed by atoms with Crippen molar-refractivity contribution in [3.63, 3.8) is 0 Å². The number of rotatable bonds is 3. The van der Waals surface area contributed by atoms with Crippen LogP contribution in [0.3, 0.4) is 0 Å². The third kappa shape index (κ3) is 4.08. The molecule has 0 aliphatic carbocycles. The van der Waals surface area contributed by atoms with Crippen molar-refractivity contribution in [3.05, 3.63) is 41.6 Å². The van der Waals surface area contributed by atoms with Gasteiger partial charge in [0.2, 0.25) is 5.95 Å². The summed E-state index contributed by atoms with van der Waals surface area (Å²) in [4.78, 5) is 13.5. The van der Waals surface area contributed by atoms with Gasteiger partial charge in [-0.2, -0.15) is 4.98 Å². The Kier molecular flexibility index (Phi) is 6.78. The summed E-state index contributed by atoms with van der Waals surface area (Å²) < 4.78 is 5.29. The molecule has 4 rings (SSSR count). The van der Waals surface area contributed by atoms with Crippen LogP contribution in [0, 0.1) is 18.8 Å². The Morgan fingerprint density at radius 2 is 1.78 bits per heavy atom. The average Bonchev–Trinajstić information content (AvgIpc) is 3.11. The fraction of sp³-hybridized carbons (Fsp3) is 0.474. The van der Waals surface area contributed by atoms with E-state index in [0.29, 0.717) is 23.8 Å². The minimum Gasteiger partial charge on any atom is -0.497 e. The summed E-state index contributed by atoms with van der Waals surface area (Å²) in [6, 6.07) is 11.0. The Morgan fingerprint density at radius 3 is 2.41 bits per heavy atom. The highest BCUT2D eigenvalue weighted by molar-refractivity contribution is 5.85. The smallest absolute Gasteiger partial charge is 0.222 e. The molecule has 27 heavy (non-hydrogen) atoms. The van der Waals surface area contributed by atoms with Gasteiger partial charge < -0.3 is 15.4 Å². The zero-order valence-electron chi connectivity index (χ0n) is 15.8. The Bertz CT molecular complexity index is 753. The summed E-state index contributed by atoms with van der Waals surface area (Å²) in [6.07, 6.45) is 0. The second-order valence-electron chi connectivity index (χ2n) is 7.21. The number of nitrogen functional groups attached to an aromatic ring is 1. The zero-order valence-corrected chi connectivity index (χ0v) is 17.5. The molecule has 0 bridgehead atoms. The van der Waals surface area contributed by atoms with E-state index in [1.165, 1.54) is 5.56 Å². The molecule has 1 aromatic carbocycles. The number of likely N-dealkylation sites (tertiary alicyclic amines) is 1. The van der Waals surface area contributed by atoms with Gasteiger partial charge in [0.05, 0.1) is 7.11 Å². The molecular formula is C19H27Cl2N5O. The molecule has 2 aliphatic rings. The molecule has 0 radical (unpaired) electrons. The number of benzene rings is 1. The molecule has 2 aromatic rings. The van der Waals surface area contributed by atoms with E-state index in [0.717, 1.165) is 36.9 Å². The Hall–Kier alpha value is -1.76. The van der Waals surface area contributed by atoms with E-state index in [4.69, 9.17) is 10.5 Å². The molecule has 0 saturated carbocycles. The minimum absolute atomic E-state index is 0. The van der Waals surface area contributed by atoms with Gasteiger partial charge in [-0.15, -0.1) is 24.8 Å². The molecule has 2 fully saturated rings. The largest absolute Gasteiger partial charge is 0.497 e. The first kappa shape index (κ1) is 21.5. The number of hydrogen-bond donors (Lipinski definition) is 1. The van der Waals surface area contributed by atoms with Crippen LogP contribution in [0.1, 0.15) is 17.3 Å². The third-order valence-electron chi connectivity index (χ3n) is 5.53. The summed E-state index contributed by atoms with van der Waals surface area (Å²) >= 11 is 0. The lowest BCUT2D eigenvalue weighted by Crippen LogP contribution is -2.29. The highest BCUT2D eigenvalue weighted by Crippen LogP contribution is 2.45. The van der Waals surface area contributed by atoms with E-state index >= 15 is 0 Å². The second-order valence-corrected chi connectivity index (χ2v) is 7.21. The van der Waals surface area contributed by atoms with Gasteiger partial charge in [0.1, 0.15) is 11.6 Å². The Labute approximate surface area is 172 Å². The van der Waals surface area contributed by atoms with Crippen LogP contribution in [0.25, 0.3) is 0 Å². The van der Waals surface area contributed by atoms with Gasteiger partial charge in [-0.25, -0.2) is 4.98 Å². The predicted molar refractivity (Wildman–Crippen MR) is 113 cm³/mol. The van der Waals surface area contributed by atoms with Crippen LogP contribution in [-0.4, -0.2) is 48.7 Å². The van der Waals surface area contributed by atoms with Gasteiger partial charge in [-0.05, 0) is 37.6 Å². The van der Waals surface area contributed by atoms with Crippen LogP contribution in [0.4, 0.5) is 11.8 Å². The van der Waals surface area contributed by atoms with Crippen LogP contribution < -0.4 is 15.4 Å². The summed E-state index contributed by atoms with van der Waals surface area (Å²) in [6.45, 7) is 5.10. The van der Waals surface area contributed by atoms with Gasteiger partial charge in [-0.3, -0.25) is 4.90 Å². The van der Waals surface area contributed by atoms with E-state index in [2.05, 4.69) is 51.1 Å². The van der Waals surface area contributed by atoms with E-state index in [9.17, 15) is 0 Å². The molecule has 148 valence electrons. The summed E-state index contributed by atoms with van der Waals surface area (Å²) in [5, 5.41) is 0. The molecule has 0 amide bonds. The number of fused-ring (bicyclic) bond motifs is 1. The number of halogens is 2. The van der Waals surface area contributed by atoms with Gasteiger partial charge in [0.25, 0.3) is 0 Å². The first-order valence-electron chi connectivity index (χ1n) is 8.75. The van der Waals surface area contributed by atoms with Crippen molar-refractivity contribution < 1.29 is 4.74 Å². The summed E-state index contributed by atoms with van der Waals surface area (Å²) in [5.41, 5.74) is 8.12. The normalized spacial score (nSPS) is 24.1. The van der Waals surface area contributed by atoms with Gasteiger partial charge in [0, 0.05) is 43.4 Å². The topological polar surface area (TPSA) is 67.5 Å². The molecule has 2 N–H and O–H groups in total. The van der Waals surface area contributed by atoms with E-state index < -0.39 is 0 Å². The SMILES string of the molecule is COc1ccc([C@H]2[C@@H]3CN(c4cc(C)nc(N)n4)C[C@@H]3CN2C)cc1.Cl.Cl. The van der Waals surface area contributed by atoms with Crippen molar-refractivity contribution in [2.75, 3.05) is 44.4 Å². The number of hydrogen-bond acceptors (Lipinski definition) is 6. The van der Waals surface area contributed by atoms with Gasteiger partial charge in [0.15, 0.2) is 0 Å². The molecule has 3 heterocycles. The van der Waals surface area contributed by atoms with Gasteiger partial charge in [-0.1, -0.05) is 12.1 Å². The van der Waals surface area contributed by atoms with Gasteiger partial charge >= 0.3 is 0 Å². The molecule has 1 aromatic heterocycles. The van der Waals surface area contributed by atoms with Crippen LogP contribution >= 0.6 is 24.8 Å². The molecule has 0 unspecified atom stereocenters. The quantitative estimate of drug-likeness (QED) is 0.836. The maximum atomic E-state index is 5.84. The molecule has 2 saturated heterocycles.